The lowest BCUT2D eigenvalue weighted by molar-refractivity contribution is 0.271. The number of anilines is 2. The molecule has 0 spiro atoms. The molecule has 0 amide bonds. The zero-order valence-corrected chi connectivity index (χ0v) is 16.6. The van der Waals surface area contributed by atoms with Gasteiger partial charge in [0.05, 0.1) is 11.4 Å². The van der Waals surface area contributed by atoms with Crippen molar-refractivity contribution in [2.45, 2.75) is 11.8 Å². The summed E-state index contributed by atoms with van der Waals surface area (Å²) in [5, 5.41) is 0. The smallest absolute Gasteiger partial charge is 0.263 e. The van der Waals surface area contributed by atoms with Gasteiger partial charge in [0, 0.05) is 30.7 Å². The van der Waals surface area contributed by atoms with Crippen molar-refractivity contribution in [2.24, 2.45) is 0 Å². The third-order valence-electron chi connectivity index (χ3n) is 4.43. The van der Waals surface area contributed by atoms with Crippen LogP contribution in [-0.2, 0) is 10.0 Å². The molecule has 1 saturated heterocycles. The molecule has 2 aromatic carbocycles. The minimum atomic E-state index is -3.65. The fourth-order valence-corrected chi connectivity index (χ4v) is 5.08. The van der Waals surface area contributed by atoms with Gasteiger partial charge in [0.2, 0.25) is 0 Å². The third-order valence-corrected chi connectivity index (χ3v) is 6.81. The van der Waals surface area contributed by atoms with Gasteiger partial charge in [-0.15, -0.1) is 0 Å². The summed E-state index contributed by atoms with van der Waals surface area (Å²) in [7, 11) is -3.65. The van der Waals surface area contributed by atoms with Crippen molar-refractivity contribution in [3.05, 3.63) is 53.0 Å². The van der Waals surface area contributed by atoms with Crippen LogP contribution in [0.4, 0.5) is 11.4 Å². The monoisotopic (exact) mass is 423 g/mol. The number of hydrogen-bond donors (Lipinski definition) is 1. The number of nitrogens with one attached hydrogen (secondary N) is 1. The Balaban J connectivity index is 1.86. The zero-order chi connectivity index (χ0) is 17.9. The Kier molecular flexibility index (Phi) is 5.66. The molecule has 1 aliphatic heterocycles. The molecular formula is C18H22BrN3O2S. The highest BCUT2D eigenvalue weighted by atomic mass is 79.9. The van der Waals surface area contributed by atoms with Gasteiger partial charge in [-0.05, 0) is 46.7 Å². The van der Waals surface area contributed by atoms with Gasteiger partial charge in [-0.2, -0.15) is 0 Å². The summed E-state index contributed by atoms with van der Waals surface area (Å²) in [4.78, 5) is 4.87. The number of rotatable bonds is 5. The largest absolute Gasteiger partial charge is 0.367 e. The molecule has 0 aliphatic carbocycles. The van der Waals surface area contributed by atoms with Gasteiger partial charge in [0.25, 0.3) is 10.0 Å². The van der Waals surface area contributed by atoms with Gasteiger partial charge in [0.15, 0.2) is 0 Å². The Morgan fingerprint density at radius 3 is 2.32 bits per heavy atom. The van der Waals surface area contributed by atoms with Crippen LogP contribution in [0.25, 0.3) is 0 Å². The van der Waals surface area contributed by atoms with Crippen molar-refractivity contribution in [1.29, 1.82) is 0 Å². The molecule has 134 valence electrons. The van der Waals surface area contributed by atoms with Crippen LogP contribution in [0.3, 0.4) is 0 Å². The Morgan fingerprint density at radius 1 is 1.00 bits per heavy atom. The molecule has 2 aromatic rings. The number of para-hydroxylation sites is 2. The van der Waals surface area contributed by atoms with Crippen molar-refractivity contribution in [3.8, 4) is 0 Å². The summed E-state index contributed by atoms with van der Waals surface area (Å²) in [5.74, 6) is 0. The topological polar surface area (TPSA) is 52.6 Å². The normalized spacial score (nSPS) is 16.0. The first kappa shape index (κ1) is 18.2. The van der Waals surface area contributed by atoms with E-state index in [1.165, 1.54) is 0 Å². The van der Waals surface area contributed by atoms with E-state index in [9.17, 15) is 8.42 Å². The first-order chi connectivity index (χ1) is 12.0. The highest BCUT2D eigenvalue weighted by molar-refractivity contribution is 9.10. The van der Waals surface area contributed by atoms with Crippen molar-refractivity contribution in [3.63, 3.8) is 0 Å². The van der Waals surface area contributed by atoms with Gasteiger partial charge in [-0.1, -0.05) is 31.2 Å². The maximum atomic E-state index is 12.8. The predicted molar refractivity (Wildman–Crippen MR) is 106 cm³/mol. The summed E-state index contributed by atoms with van der Waals surface area (Å²) in [6.07, 6.45) is 0. The molecule has 25 heavy (non-hydrogen) atoms. The number of nitrogens with zero attached hydrogens (tertiary/aromatic N) is 2. The summed E-state index contributed by atoms with van der Waals surface area (Å²) < 4.78 is 28.9. The number of benzene rings is 2. The van der Waals surface area contributed by atoms with Gasteiger partial charge in [0.1, 0.15) is 4.90 Å². The molecule has 5 nitrogen and oxygen atoms in total. The van der Waals surface area contributed by atoms with E-state index >= 15 is 0 Å². The van der Waals surface area contributed by atoms with Crippen LogP contribution >= 0.6 is 15.9 Å². The van der Waals surface area contributed by atoms with E-state index in [2.05, 4.69) is 37.4 Å². The van der Waals surface area contributed by atoms with Crippen LogP contribution in [0.1, 0.15) is 6.92 Å². The fourth-order valence-electron chi connectivity index (χ4n) is 3.00. The third kappa shape index (κ3) is 4.16. The maximum Gasteiger partial charge on any atom is 0.263 e. The van der Waals surface area contributed by atoms with Crippen molar-refractivity contribution < 1.29 is 8.42 Å². The Hall–Kier alpha value is -1.57. The second kappa shape index (κ2) is 7.76. The highest BCUT2D eigenvalue weighted by Crippen LogP contribution is 2.30. The molecule has 0 unspecified atom stereocenters. The Morgan fingerprint density at radius 2 is 1.64 bits per heavy atom. The number of halogens is 1. The molecule has 0 saturated carbocycles. The van der Waals surface area contributed by atoms with E-state index in [0.29, 0.717) is 10.2 Å². The standard InChI is InChI=1S/C18H22BrN3O2S/c1-2-21-11-13-22(14-12-21)17-9-5-4-8-16(17)20-25(23,24)18-10-6-3-7-15(18)19/h3-10,20H,2,11-14H2,1H3. The minimum Gasteiger partial charge on any atom is -0.367 e. The molecule has 1 N–H and O–H groups in total. The highest BCUT2D eigenvalue weighted by Gasteiger charge is 2.22. The molecule has 1 heterocycles. The minimum absolute atomic E-state index is 0.237. The number of hydrogen-bond acceptors (Lipinski definition) is 4. The first-order valence-electron chi connectivity index (χ1n) is 8.35. The van der Waals surface area contributed by atoms with Crippen molar-refractivity contribution in [1.82, 2.24) is 4.90 Å². The predicted octanol–water partition coefficient (Wildman–Crippen LogP) is 3.39. The van der Waals surface area contributed by atoms with Crippen LogP contribution in [0, 0.1) is 0 Å². The van der Waals surface area contributed by atoms with Crippen LogP contribution in [-0.4, -0.2) is 46.0 Å². The average Bonchev–Trinajstić information content (AvgIpc) is 2.62. The number of sulfonamides is 1. The molecule has 3 rings (SSSR count). The molecule has 1 fully saturated rings. The lowest BCUT2D eigenvalue weighted by atomic mass is 10.2. The van der Waals surface area contributed by atoms with Crippen molar-refractivity contribution >= 4 is 37.3 Å². The van der Waals surface area contributed by atoms with E-state index in [4.69, 9.17) is 0 Å². The van der Waals surface area contributed by atoms with Crippen LogP contribution in [0.5, 0.6) is 0 Å². The van der Waals surface area contributed by atoms with E-state index in [0.717, 1.165) is 38.4 Å². The van der Waals surface area contributed by atoms with E-state index in [1.807, 2.05) is 24.3 Å². The SMILES string of the molecule is CCN1CCN(c2ccccc2NS(=O)(=O)c2ccccc2Br)CC1. The average molecular weight is 424 g/mol. The van der Waals surface area contributed by atoms with E-state index in [-0.39, 0.29) is 4.90 Å². The Labute approximate surface area is 157 Å². The molecule has 7 heteroatoms. The summed E-state index contributed by atoms with van der Waals surface area (Å²) in [5.41, 5.74) is 1.54. The second-order valence-electron chi connectivity index (χ2n) is 5.97. The second-order valence-corrected chi connectivity index (χ2v) is 8.48. The lowest BCUT2D eigenvalue weighted by Crippen LogP contribution is -2.46. The van der Waals surface area contributed by atoms with E-state index < -0.39 is 10.0 Å². The zero-order valence-electron chi connectivity index (χ0n) is 14.2. The molecular weight excluding hydrogens is 402 g/mol. The Bertz CT molecular complexity index is 834. The number of piperazine rings is 1. The molecule has 1 aliphatic rings. The summed E-state index contributed by atoms with van der Waals surface area (Å²) in [6, 6.07) is 14.4. The lowest BCUT2D eigenvalue weighted by Gasteiger charge is -2.36. The van der Waals surface area contributed by atoms with E-state index in [1.54, 1.807) is 24.3 Å². The quantitative estimate of drug-likeness (QED) is 0.800. The molecule has 0 radical (unpaired) electrons. The fraction of sp³-hybridized carbons (Fsp3) is 0.333. The summed E-state index contributed by atoms with van der Waals surface area (Å²) in [6.45, 7) is 6.96. The van der Waals surface area contributed by atoms with Crippen molar-refractivity contribution in [2.75, 3.05) is 42.3 Å². The first-order valence-corrected chi connectivity index (χ1v) is 10.6. The van der Waals surface area contributed by atoms with Gasteiger partial charge in [-0.25, -0.2) is 8.42 Å². The molecule has 0 atom stereocenters. The van der Waals surface area contributed by atoms with Crippen LogP contribution in [0.15, 0.2) is 57.9 Å². The van der Waals surface area contributed by atoms with Crippen LogP contribution in [0.2, 0.25) is 0 Å². The van der Waals surface area contributed by atoms with Gasteiger partial charge in [-0.3, -0.25) is 4.72 Å². The number of likely N-dealkylation sites (N-methyl/N-ethyl adjacent to an activating group) is 1. The van der Waals surface area contributed by atoms with Gasteiger partial charge < -0.3 is 9.80 Å². The molecule has 0 aromatic heterocycles. The van der Waals surface area contributed by atoms with Crippen LogP contribution < -0.4 is 9.62 Å². The van der Waals surface area contributed by atoms with Gasteiger partial charge >= 0.3 is 0 Å². The maximum absolute atomic E-state index is 12.8. The molecule has 0 bridgehead atoms. The summed E-state index contributed by atoms with van der Waals surface area (Å²) >= 11 is 3.32.